The fourth-order valence-electron chi connectivity index (χ4n) is 1.19. The topological polar surface area (TPSA) is 77.1 Å². The van der Waals surface area contributed by atoms with Crippen molar-refractivity contribution in [2.24, 2.45) is 10.9 Å². The molecule has 2 unspecified atom stereocenters. The van der Waals surface area contributed by atoms with Crippen LogP contribution in [-0.4, -0.2) is 36.5 Å². The fourth-order valence-corrected chi connectivity index (χ4v) is 1.19. The first kappa shape index (κ1) is 10.3. The molecule has 0 radical (unpaired) electrons. The third-order valence-corrected chi connectivity index (χ3v) is 2.09. The van der Waals surface area contributed by atoms with Gasteiger partial charge in [-0.15, -0.1) is 0 Å². The van der Waals surface area contributed by atoms with Gasteiger partial charge in [-0.1, -0.05) is 5.16 Å². The van der Waals surface area contributed by atoms with Crippen LogP contribution in [0.3, 0.4) is 0 Å². The van der Waals surface area contributed by atoms with E-state index in [9.17, 15) is 0 Å². The molecule has 1 fully saturated rings. The minimum Gasteiger partial charge on any atom is -0.409 e. The molecule has 0 saturated carbocycles. The minimum absolute atomic E-state index is 0.0954. The molecular formula is C8H16N2O3. The van der Waals surface area contributed by atoms with Gasteiger partial charge in [0.25, 0.3) is 0 Å². The number of nitrogens with two attached hydrogens (primary N) is 1. The molecule has 5 heteroatoms. The molecule has 0 amide bonds. The summed E-state index contributed by atoms with van der Waals surface area (Å²) in [6.45, 7) is 3.06. The average Bonchev–Trinajstić information content (AvgIpc) is 2.65. The predicted octanol–water partition coefficient (Wildman–Crippen LogP) is 0.317. The summed E-state index contributed by atoms with van der Waals surface area (Å²) in [7, 11) is 0. The van der Waals surface area contributed by atoms with E-state index in [4.69, 9.17) is 20.4 Å². The predicted molar refractivity (Wildman–Crippen MR) is 47.8 cm³/mol. The maximum atomic E-state index is 8.35. The zero-order chi connectivity index (χ0) is 9.68. The van der Waals surface area contributed by atoms with Crippen molar-refractivity contribution in [2.75, 3.05) is 13.2 Å². The third kappa shape index (κ3) is 3.20. The van der Waals surface area contributed by atoms with Gasteiger partial charge < -0.3 is 20.4 Å². The standard InChI is InChI=1S/C8H16N2O3/c1-6(8(9)10-11)13-5-7-3-2-4-12-7/h6-7,11H,2-5H2,1H3,(H2,9,10). The number of hydrogen-bond acceptors (Lipinski definition) is 4. The van der Waals surface area contributed by atoms with Crippen LogP contribution >= 0.6 is 0 Å². The lowest BCUT2D eigenvalue weighted by molar-refractivity contribution is 0.00540. The van der Waals surface area contributed by atoms with Gasteiger partial charge in [0.1, 0.15) is 6.10 Å². The van der Waals surface area contributed by atoms with Gasteiger partial charge in [-0.3, -0.25) is 0 Å². The highest BCUT2D eigenvalue weighted by molar-refractivity contribution is 5.83. The van der Waals surface area contributed by atoms with Gasteiger partial charge in [-0.2, -0.15) is 0 Å². The van der Waals surface area contributed by atoms with Gasteiger partial charge >= 0.3 is 0 Å². The van der Waals surface area contributed by atoms with Crippen molar-refractivity contribution in [3.8, 4) is 0 Å². The second-order valence-corrected chi connectivity index (χ2v) is 3.14. The van der Waals surface area contributed by atoms with Gasteiger partial charge in [0.05, 0.1) is 12.7 Å². The van der Waals surface area contributed by atoms with Gasteiger partial charge in [-0.25, -0.2) is 0 Å². The van der Waals surface area contributed by atoms with Crippen LogP contribution in [0.2, 0.25) is 0 Å². The highest BCUT2D eigenvalue weighted by atomic mass is 16.5. The molecule has 2 atom stereocenters. The SMILES string of the molecule is CC(OCC1CCCO1)C(N)=NO. The summed E-state index contributed by atoms with van der Waals surface area (Å²) in [5.41, 5.74) is 5.34. The molecule has 0 aromatic heterocycles. The van der Waals surface area contributed by atoms with Gasteiger partial charge in [-0.05, 0) is 19.8 Å². The average molecular weight is 188 g/mol. The van der Waals surface area contributed by atoms with Crippen LogP contribution < -0.4 is 5.73 Å². The van der Waals surface area contributed by atoms with Crippen LogP contribution in [0.5, 0.6) is 0 Å². The summed E-state index contributed by atoms with van der Waals surface area (Å²) >= 11 is 0. The molecule has 0 spiro atoms. The van der Waals surface area contributed by atoms with E-state index < -0.39 is 0 Å². The molecule has 1 saturated heterocycles. The second kappa shape index (κ2) is 5.04. The number of amidine groups is 1. The number of nitrogens with zero attached hydrogens (tertiary/aromatic N) is 1. The summed E-state index contributed by atoms with van der Waals surface area (Å²) in [6, 6.07) is 0. The Hall–Kier alpha value is -0.810. The van der Waals surface area contributed by atoms with Crippen LogP contribution in [-0.2, 0) is 9.47 Å². The lowest BCUT2D eigenvalue weighted by Crippen LogP contribution is -2.31. The van der Waals surface area contributed by atoms with E-state index in [2.05, 4.69) is 5.16 Å². The molecule has 5 nitrogen and oxygen atoms in total. The molecule has 1 rings (SSSR count). The smallest absolute Gasteiger partial charge is 0.168 e. The molecule has 1 aliphatic rings. The molecule has 13 heavy (non-hydrogen) atoms. The maximum Gasteiger partial charge on any atom is 0.168 e. The first-order chi connectivity index (χ1) is 6.24. The van der Waals surface area contributed by atoms with Crippen LogP contribution in [0, 0.1) is 0 Å². The fraction of sp³-hybridized carbons (Fsp3) is 0.875. The second-order valence-electron chi connectivity index (χ2n) is 3.14. The lowest BCUT2D eigenvalue weighted by atomic mass is 10.2. The Morgan fingerprint density at radius 3 is 3.15 bits per heavy atom. The highest BCUT2D eigenvalue weighted by Gasteiger charge is 2.17. The summed E-state index contributed by atoms with van der Waals surface area (Å²) in [6.07, 6.45) is 1.94. The van der Waals surface area contributed by atoms with Crippen LogP contribution in [0.15, 0.2) is 5.16 Å². The Bertz CT molecular complexity index is 178. The first-order valence-corrected chi connectivity index (χ1v) is 4.44. The third-order valence-electron chi connectivity index (χ3n) is 2.09. The minimum atomic E-state index is -0.353. The zero-order valence-electron chi connectivity index (χ0n) is 7.77. The van der Waals surface area contributed by atoms with E-state index in [1.54, 1.807) is 6.92 Å². The lowest BCUT2D eigenvalue weighted by Gasteiger charge is -2.14. The Morgan fingerprint density at radius 1 is 1.85 bits per heavy atom. The van der Waals surface area contributed by atoms with E-state index >= 15 is 0 Å². The molecule has 3 N–H and O–H groups in total. The van der Waals surface area contributed by atoms with E-state index in [-0.39, 0.29) is 18.0 Å². The van der Waals surface area contributed by atoms with Crippen molar-refractivity contribution < 1.29 is 14.7 Å². The molecule has 0 aromatic carbocycles. The van der Waals surface area contributed by atoms with E-state index in [1.165, 1.54) is 0 Å². The van der Waals surface area contributed by atoms with Crippen molar-refractivity contribution in [2.45, 2.75) is 32.0 Å². The molecule has 0 aromatic rings. The van der Waals surface area contributed by atoms with E-state index in [0.29, 0.717) is 6.61 Å². The number of hydrogen-bond donors (Lipinski definition) is 2. The monoisotopic (exact) mass is 188 g/mol. The summed E-state index contributed by atoms with van der Waals surface area (Å²) in [5.74, 6) is 0.0954. The summed E-state index contributed by atoms with van der Waals surface area (Å²) < 4.78 is 10.7. The summed E-state index contributed by atoms with van der Waals surface area (Å²) in [5, 5.41) is 11.2. The molecule has 76 valence electrons. The molecular weight excluding hydrogens is 172 g/mol. The quantitative estimate of drug-likeness (QED) is 0.288. The van der Waals surface area contributed by atoms with Crippen molar-refractivity contribution in [3.63, 3.8) is 0 Å². The molecule has 1 aliphatic heterocycles. The van der Waals surface area contributed by atoms with Crippen molar-refractivity contribution in [3.05, 3.63) is 0 Å². The number of rotatable bonds is 4. The summed E-state index contributed by atoms with van der Waals surface area (Å²) in [4.78, 5) is 0. The molecule has 1 heterocycles. The van der Waals surface area contributed by atoms with Crippen LogP contribution in [0.1, 0.15) is 19.8 Å². The van der Waals surface area contributed by atoms with Gasteiger partial charge in [0.15, 0.2) is 5.84 Å². The Morgan fingerprint density at radius 2 is 2.62 bits per heavy atom. The zero-order valence-corrected chi connectivity index (χ0v) is 7.77. The Labute approximate surface area is 77.5 Å². The number of oxime groups is 1. The van der Waals surface area contributed by atoms with Gasteiger partial charge in [0, 0.05) is 6.61 Å². The normalized spacial score (nSPS) is 26.2. The Balaban J connectivity index is 2.17. The van der Waals surface area contributed by atoms with Crippen molar-refractivity contribution in [1.29, 1.82) is 0 Å². The van der Waals surface area contributed by atoms with E-state index in [1.807, 2.05) is 0 Å². The van der Waals surface area contributed by atoms with Crippen LogP contribution in [0.25, 0.3) is 0 Å². The maximum absolute atomic E-state index is 8.35. The molecule has 0 bridgehead atoms. The first-order valence-electron chi connectivity index (χ1n) is 4.44. The van der Waals surface area contributed by atoms with E-state index in [0.717, 1.165) is 19.4 Å². The largest absolute Gasteiger partial charge is 0.409 e. The van der Waals surface area contributed by atoms with Crippen molar-refractivity contribution in [1.82, 2.24) is 0 Å². The number of ether oxygens (including phenoxy) is 2. The highest BCUT2D eigenvalue weighted by Crippen LogP contribution is 2.12. The molecule has 0 aliphatic carbocycles. The van der Waals surface area contributed by atoms with Gasteiger partial charge in [0.2, 0.25) is 0 Å². The Kier molecular flexibility index (Phi) is 3.98. The van der Waals surface area contributed by atoms with Crippen LogP contribution in [0.4, 0.5) is 0 Å². The van der Waals surface area contributed by atoms with Crippen molar-refractivity contribution >= 4 is 5.84 Å².